The van der Waals surface area contributed by atoms with Crippen molar-refractivity contribution in [3.8, 4) is 11.5 Å². The molecular weight excluding hydrogens is 328 g/mol. The highest BCUT2D eigenvalue weighted by Crippen LogP contribution is 2.33. The molecule has 0 unspecified atom stereocenters. The van der Waals surface area contributed by atoms with Gasteiger partial charge in [0.05, 0.1) is 5.56 Å². The van der Waals surface area contributed by atoms with Crippen LogP contribution in [0.15, 0.2) is 47.4 Å². The van der Waals surface area contributed by atoms with Gasteiger partial charge in [0.15, 0.2) is 11.5 Å². The SMILES string of the molecule is C[C@H](OC(=O)c1ccc([S@@](C)=O)cc1)c1ccc2c(c1)OCCO2. The Bertz CT molecular complexity index is 769. The van der Waals surface area contributed by atoms with Gasteiger partial charge in [0.2, 0.25) is 0 Å². The summed E-state index contributed by atoms with van der Waals surface area (Å²) in [4.78, 5) is 12.9. The molecule has 0 fully saturated rings. The predicted octanol–water partition coefficient (Wildman–Crippen LogP) is 3.11. The van der Waals surface area contributed by atoms with Crippen LogP contribution in [0.25, 0.3) is 0 Å². The molecule has 0 aromatic heterocycles. The minimum Gasteiger partial charge on any atom is -0.486 e. The summed E-state index contributed by atoms with van der Waals surface area (Å²) in [5, 5.41) is 0. The standard InChI is InChI=1S/C18H18O5S/c1-12(14-5-8-16-17(11-14)22-10-9-21-16)23-18(19)13-3-6-15(7-4-13)24(2)20/h3-8,11-12H,9-10H2,1-2H3/t12-,24+/m0/s1. The normalized spacial score (nSPS) is 15.4. The first kappa shape index (κ1) is 16.5. The lowest BCUT2D eigenvalue weighted by Gasteiger charge is -2.20. The zero-order valence-corrected chi connectivity index (χ0v) is 14.3. The lowest BCUT2D eigenvalue weighted by atomic mass is 10.1. The lowest BCUT2D eigenvalue weighted by Crippen LogP contribution is -2.16. The molecule has 0 saturated carbocycles. The number of hydrogen-bond donors (Lipinski definition) is 0. The lowest BCUT2D eigenvalue weighted by molar-refractivity contribution is 0.0336. The topological polar surface area (TPSA) is 61.8 Å². The maximum Gasteiger partial charge on any atom is 0.338 e. The summed E-state index contributed by atoms with van der Waals surface area (Å²) < 4.78 is 27.9. The van der Waals surface area contributed by atoms with E-state index in [0.29, 0.717) is 35.2 Å². The fourth-order valence-electron chi connectivity index (χ4n) is 2.39. The zero-order chi connectivity index (χ0) is 17.1. The summed E-state index contributed by atoms with van der Waals surface area (Å²) in [5.41, 5.74) is 1.26. The Kier molecular flexibility index (Phi) is 4.85. The maximum absolute atomic E-state index is 12.2. The Labute approximate surface area is 143 Å². The van der Waals surface area contributed by atoms with Gasteiger partial charge in [0.1, 0.15) is 19.3 Å². The van der Waals surface area contributed by atoms with Gasteiger partial charge >= 0.3 is 5.97 Å². The molecule has 0 bridgehead atoms. The van der Waals surface area contributed by atoms with Gasteiger partial charge in [-0.15, -0.1) is 0 Å². The molecule has 1 heterocycles. The van der Waals surface area contributed by atoms with E-state index >= 15 is 0 Å². The summed E-state index contributed by atoms with van der Waals surface area (Å²) in [5.74, 6) is 0.939. The van der Waals surface area contributed by atoms with Crippen molar-refractivity contribution in [2.45, 2.75) is 17.9 Å². The third-order valence-corrected chi connectivity index (χ3v) is 4.68. The van der Waals surface area contributed by atoms with E-state index in [1.54, 1.807) is 37.4 Å². The van der Waals surface area contributed by atoms with Gasteiger partial charge in [-0.1, -0.05) is 6.07 Å². The summed E-state index contributed by atoms with van der Waals surface area (Å²) in [6.45, 7) is 2.85. The van der Waals surface area contributed by atoms with E-state index in [9.17, 15) is 9.00 Å². The highest BCUT2D eigenvalue weighted by Gasteiger charge is 2.18. The molecule has 0 spiro atoms. The number of ether oxygens (including phenoxy) is 3. The van der Waals surface area contributed by atoms with Crippen LogP contribution >= 0.6 is 0 Å². The van der Waals surface area contributed by atoms with Crippen molar-refractivity contribution >= 4 is 16.8 Å². The molecule has 0 radical (unpaired) electrons. The molecule has 2 aromatic carbocycles. The highest BCUT2D eigenvalue weighted by atomic mass is 32.2. The quantitative estimate of drug-likeness (QED) is 0.796. The second kappa shape index (κ2) is 7.05. The average molecular weight is 346 g/mol. The number of benzene rings is 2. The fourth-order valence-corrected chi connectivity index (χ4v) is 2.91. The van der Waals surface area contributed by atoms with Crippen molar-refractivity contribution in [3.05, 3.63) is 53.6 Å². The molecule has 2 aromatic rings. The number of hydrogen-bond acceptors (Lipinski definition) is 5. The van der Waals surface area contributed by atoms with Crippen LogP contribution in [0.3, 0.4) is 0 Å². The van der Waals surface area contributed by atoms with Crippen molar-refractivity contribution in [1.82, 2.24) is 0 Å². The van der Waals surface area contributed by atoms with Crippen molar-refractivity contribution in [3.63, 3.8) is 0 Å². The first-order valence-electron chi connectivity index (χ1n) is 7.58. The zero-order valence-electron chi connectivity index (χ0n) is 13.5. The average Bonchev–Trinajstić information content (AvgIpc) is 2.61. The Morgan fingerprint density at radius 3 is 2.42 bits per heavy atom. The van der Waals surface area contributed by atoms with E-state index in [0.717, 1.165) is 5.56 Å². The molecule has 0 aliphatic carbocycles. The van der Waals surface area contributed by atoms with E-state index in [4.69, 9.17) is 14.2 Å². The van der Waals surface area contributed by atoms with Gasteiger partial charge < -0.3 is 14.2 Å². The number of carbonyl (C=O) groups excluding carboxylic acids is 1. The van der Waals surface area contributed by atoms with Crippen molar-refractivity contribution in [2.75, 3.05) is 19.5 Å². The van der Waals surface area contributed by atoms with Crippen molar-refractivity contribution < 1.29 is 23.2 Å². The largest absolute Gasteiger partial charge is 0.486 e. The van der Waals surface area contributed by atoms with Crippen LogP contribution in [-0.2, 0) is 15.5 Å². The van der Waals surface area contributed by atoms with E-state index in [1.165, 1.54) is 0 Å². The molecule has 3 rings (SSSR count). The molecular formula is C18H18O5S. The molecule has 0 saturated heterocycles. The van der Waals surface area contributed by atoms with E-state index < -0.39 is 22.9 Å². The summed E-state index contributed by atoms with van der Waals surface area (Å²) in [6, 6.07) is 12.1. The van der Waals surface area contributed by atoms with Crippen LogP contribution in [0, 0.1) is 0 Å². The molecule has 6 heteroatoms. The number of fused-ring (bicyclic) bond motifs is 1. The minimum absolute atomic E-state index is 0.423. The molecule has 1 aliphatic heterocycles. The van der Waals surface area contributed by atoms with Crippen LogP contribution in [0.2, 0.25) is 0 Å². The molecule has 0 amide bonds. The van der Waals surface area contributed by atoms with Crippen LogP contribution < -0.4 is 9.47 Å². The van der Waals surface area contributed by atoms with Crippen molar-refractivity contribution in [2.24, 2.45) is 0 Å². The minimum atomic E-state index is -1.07. The number of rotatable bonds is 4. The second-order valence-corrected chi connectivity index (χ2v) is 6.81. The Morgan fingerprint density at radius 1 is 1.08 bits per heavy atom. The number of esters is 1. The molecule has 5 nitrogen and oxygen atoms in total. The van der Waals surface area contributed by atoms with E-state index in [-0.39, 0.29) is 0 Å². The monoisotopic (exact) mass is 346 g/mol. The Morgan fingerprint density at radius 2 is 1.75 bits per heavy atom. The summed E-state index contributed by atoms with van der Waals surface area (Å²) in [7, 11) is -1.07. The Hall–Kier alpha value is -2.34. The molecule has 24 heavy (non-hydrogen) atoms. The van der Waals surface area contributed by atoms with Crippen LogP contribution in [0.5, 0.6) is 11.5 Å². The molecule has 1 aliphatic rings. The van der Waals surface area contributed by atoms with Gasteiger partial charge in [0.25, 0.3) is 0 Å². The smallest absolute Gasteiger partial charge is 0.338 e. The van der Waals surface area contributed by atoms with E-state index in [2.05, 4.69) is 0 Å². The molecule has 2 atom stereocenters. The highest BCUT2D eigenvalue weighted by molar-refractivity contribution is 7.84. The summed E-state index contributed by atoms with van der Waals surface area (Å²) >= 11 is 0. The fraction of sp³-hybridized carbons (Fsp3) is 0.278. The first-order chi connectivity index (χ1) is 11.5. The van der Waals surface area contributed by atoms with Gasteiger partial charge in [-0.2, -0.15) is 0 Å². The maximum atomic E-state index is 12.2. The Balaban J connectivity index is 1.70. The van der Waals surface area contributed by atoms with Crippen LogP contribution in [0.1, 0.15) is 28.9 Å². The second-order valence-electron chi connectivity index (χ2n) is 5.43. The predicted molar refractivity (Wildman–Crippen MR) is 90.0 cm³/mol. The van der Waals surface area contributed by atoms with Crippen LogP contribution in [0.4, 0.5) is 0 Å². The summed E-state index contributed by atoms with van der Waals surface area (Å²) in [6.07, 6.45) is 1.17. The van der Waals surface area contributed by atoms with Crippen molar-refractivity contribution in [1.29, 1.82) is 0 Å². The third kappa shape index (κ3) is 3.59. The number of carbonyl (C=O) groups is 1. The molecule has 0 N–H and O–H groups in total. The van der Waals surface area contributed by atoms with Gasteiger partial charge in [0, 0.05) is 22.0 Å². The third-order valence-electron chi connectivity index (χ3n) is 3.74. The van der Waals surface area contributed by atoms with Gasteiger partial charge in [-0.25, -0.2) is 4.79 Å². The van der Waals surface area contributed by atoms with Crippen LogP contribution in [-0.4, -0.2) is 29.6 Å². The van der Waals surface area contributed by atoms with E-state index in [1.807, 2.05) is 18.2 Å². The first-order valence-corrected chi connectivity index (χ1v) is 9.14. The molecule has 126 valence electrons. The van der Waals surface area contributed by atoms with Gasteiger partial charge in [-0.05, 0) is 48.9 Å². The van der Waals surface area contributed by atoms with Gasteiger partial charge in [-0.3, -0.25) is 4.21 Å².